The first-order chi connectivity index (χ1) is 61.1. The number of hydrogen-bond donors (Lipinski definition) is 4. The van der Waals surface area contributed by atoms with Crippen LogP contribution in [0.25, 0.3) is 79.4 Å². The van der Waals surface area contributed by atoms with Gasteiger partial charge in [-0.2, -0.15) is 15.4 Å². The maximum absolute atomic E-state index is 12.8. The van der Waals surface area contributed by atoms with Crippen LogP contribution in [0.5, 0.6) is 6.01 Å². The van der Waals surface area contributed by atoms with Crippen molar-refractivity contribution in [1.29, 1.82) is 0 Å². The van der Waals surface area contributed by atoms with Gasteiger partial charge >= 0.3 is 11.9 Å². The van der Waals surface area contributed by atoms with E-state index in [1.54, 1.807) is 24.3 Å². The molecule has 18 rings (SSSR count). The molecular weight excluding hydrogens is 1570 g/mol. The lowest BCUT2D eigenvalue weighted by Crippen LogP contribution is -2.16. The van der Waals surface area contributed by atoms with Crippen molar-refractivity contribution in [2.45, 2.75) is 176 Å². The molecular formula is C100H100N16O9. The van der Waals surface area contributed by atoms with E-state index in [2.05, 4.69) is 143 Å². The van der Waals surface area contributed by atoms with Gasteiger partial charge < -0.3 is 28.7 Å². The number of carboxylic acids is 2. The average molecular weight is 1670 g/mol. The van der Waals surface area contributed by atoms with Crippen LogP contribution >= 0.6 is 0 Å². The number of nitrogens with zero attached hydrogens (tertiary/aromatic N) is 14. The zero-order valence-corrected chi connectivity index (χ0v) is 70.8. The van der Waals surface area contributed by atoms with Crippen molar-refractivity contribution in [2.24, 2.45) is 0 Å². The van der Waals surface area contributed by atoms with Crippen molar-refractivity contribution < 1.29 is 43.7 Å². The normalized spacial score (nSPS) is 13.6. The summed E-state index contributed by atoms with van der Waals surface area (Å²) in [6.45, 7) is 11.1. The summed E-state index contributed by atoms with van der Waals surface area (Å²) in [7, 11) is 0. The molecule has 0 spiro atoms. The molecule has 4 N–H and O–H groups in total. The number of aromatic carboxylic acids is 2. The number of fused-ring (bicyclic) bond motifs is 4. The predicted octanol–water partition coefficient (Wildman–Crippen LogP) is 19.6. The molecule has 4 aliphatic carbocycles. The summed E-state index contributed by atoms with van der Waals surface area (Å²) in [5.74, 6) is 2.66. The number of imidazole rings is 4. The molecule has 0 fully saturated rings. The van der Waals surface area contributed by atoms with E-state index < -0.39 is 11.9 Å². The Kier molecular flexibility index (Phi) is 27.8. The lowest BCUT2D eigenvalue weighted by molar-refractivity contribution is 0.0687. The first-order valence-corrected chi connectivity index (χ1v) is 43.3. The van der Waals surface area contributed by atoms with Crippen LogP contribution in [0.3, 0.4) is 0 Å². The maximum atomic E-state index is 12.8. The lowest BCUT2D eigenvalue weighted by Gasteiger charge is -2.14. The number of aromatic amines is 2. The van der Waals surface area contributed by atoms with E-state index in [0.717, 1.165) is 220 Å². The summed E-state index contributed by atoms with van der Waals surface area (Å²) in [5.41, 5.74) is 20.7. The number of unbranched alkanes of at least 4 members (excludes halogenated alkanes) is 1. The number of nitrogens with one attached hydrogen (secondary N) is 2. The molecule has 0 saturated carbocycles. The zero-order chi connectivity index (χ0) is 86.7. The van der Waals surface area contributed by atoms with Crippen LogP contribution in [0.4, 0.5) is 0 Å². The van der Waals surface area contributed by atoms with Crippen LogP contribution in [0.1, 0.15) is 243 Å². The van der Waals surface area contributed by atoms with Crippen LogP contribution in [-0.4, -0.2) is 131 Å². The Bertz CT molecular complexity index is 6230. The number of allylic oxidation sites excluding steroid dienone is 2. The Morgan fingerprint density at radius 3 is 1.11 bits per heavy atom. The van der Waals surface area contributed by atoms with Gasteiger partial charge in [-0.15, -0.1) is 20.4 Å². The summed E-state index contributed by atoms with van der Waals surface area (Å²) < 4.78 is 13.9. The fourth-order valence-electron chi connectivity index (χ4n) is 16.7. The number of carbonyl (C=O) groups excluding carboxylic acids is 4. The first-order valence-electron chi connectivity index (χ1n) is 43.3. The quantitative estimate of drug-likeness (QED) is 0.0386. The molecule has 0 unspecified atom stereocenters. The SMILES string of the molecule is CC/C=C/c1nc2c(n1Cc1ccc(-c3ccccc3-c3nn[nH]n3)cc1)C(=O)CCC2.CC/C=C/c1nc2c(n1Cc1ccc(-c3ccccc3C(=O)O)cc1)C(=O)CCCC2.CCCCc1nc2c(n1Cc1ccc(-c3ccccc3C(=O)O)cc1)C(=O)CCCC2.CCOc1nc2c(n1Cc1ccc(-c3ccccc3-c3nn[nH]n3)cc1)C(=O)CCC2. The zero-order valence-electron chi connectivity index (χ0n) is 70.8. The second-order valence-electron chi connectivity index (χ2n) is 31.4. The number of H-pyrrole nitrogens is 2. The fraction of sp³-hybridized carbons (Fsp3) is 0.280. The van der Waals surface area contributed by atoms with Crippen LogP contribution in [0.15, 0.2) is 206 Å². The lowest BCUT2D eigenvalue weighted by atomic mass is 9.98. The molecule has 25 heteroatoms. The smallest absolute Gasteiger partial charge is 0.336 e. The van der Waals surface area contributed by atoms with Crippen molar-refractivity contribution in [3.05, 3.63) is 303 Å². The predicted molar refractivity (Wildman–Crippen MR) is 480 cm³/mol. The number of carbonyl (C=O) groups is 6. The number of aromatic nitrogens is 16. The molecule has 6 aromatic heterocycles. The van der Waals surface area contributed by atoms with Gasteiger partial charge in [0, 0.05) is 62.9 Å². The summed E-state index contributed by atoms with van der Waals surface area (Å²) in [5, 5.41) is 47.8. The average Bonchev–Trinajstić information content (AvgIpc) is 1.64. The summed E-state index contributed by atoms with van der Waals surface area (Å²) in [6, 6.07) is 63.1. The third-order valence-electron chi connectivity index (χ3n) is 22.9. The summed E-state index contributed by atoms with van der Waals surface area (Å²) in [4.78, 5) is 93.0. The second-order valence-corrected chi connectivity index (χ2v) is 31.4. The molecule has 25 nitrogen and oxygen atoms in total. The second kappa shape index (κ2) is 40.6. The van der Waals surface area contributed by atoms with E-state index in [1.807, 2.05) is 143 Å². The number of benzene rings is 8. The molecule has 0 atom stereocenters. The Hall–Kier alpha value is -14.4. The van der Waals surface area contributed by atoms with E-state index in [1.165, 1.54) is 0 Å². The van der Waals surface area contributed by atoms with Crippen LogP contribution in [-0.2, 0) is 58.3 Å². The topological polar surface area (TPSA) is 332 Å². The van der Waals surface area contributed by atoms with Crippen molar-refractivity contribution in [1.82, 2.24) is 79.5 Å². The molecule has 634 valence electrons. The standard InChI is InChI=1S/C26H28N2O3.C26H26N2O3.C25H24N6O.C23H22N6O2/c2*1-2-3-12-24-27-22-10-6-7-11-23(29)25(22)28(24)17-18-13-15-19(16-14-18)20-8-4-5-9-21(20)26(30)31;1-2-3-11-23-26-21-9-6-10-22(32)24(21)31(23)16-17-12-14-18(15-13-17)19-7-4-5-8-20(19)25-27-29-30-28-25;1-2-31-23-24-19-8-5-9-20(30)21(19)29(23)14-15-10-12-16(13-11-15)17-6-3-4-7-18(17)22-25-27-28-26-22/h4-5,8-9,13-16H,2-3,6-7,10-12,17H2,1H3,(H,30,31);3-5,8-9,12-16H,2,6-7,10-11,17H2,1H3,(H,30,31);3-5,7-8,11-15H,2,6,9-10,16H2,1H3,(H,27,28,29,30);3-4,6-7,10-13H,2,5,8-9,14H2,1H3,(H,25,26,27,28)/b;12-3+;11-3+;. The van der Waals surface area contributed by atoms with E-state index in [0.29, 0.717) is 98.5 Å². The van der Waals surface area contributed by atoms with Crippen LogP contribution in [0, 0.1) is 0 Å². The third-order valence-corrected chi connectivity index (χ3v) is 22.9. The highest BCUT2D eigenvalue weighted by molar-refractivity contribution is 6.00. The van der Waals surface area contributed by atoms with Gasteiger partial charge in [-0.1, -0.05) is 221 Å². The van der Waals surface area contributed by atoms with Crippen molar-refractivity contribution in [3.8, 4) is 73.3 Å². The molecule has 6 heterocycles. The molecule has 0 saturated heterocycles. The largest absolute Gasteiger partial charge is 0.478 e. The number of tetrazole rings is 2. The highest BCUT2D eigenvalue weighted by atomic mass is 16.5. The van der Waals surface area contributed by atoms with Gasteiger partial charge in [0.1, 0.15) is 40.2 Å². The third kappa shape index (κ3) is 19.9. The number of carboxylic acid groups (broad SMARTS) is 2. The van der Waals surface area contributed by atoms with Gasteiger partial charge in [0.05, 0.1) is 47.1 Å². The minimum atomic E-state index is -0.938. The number of Topliss-reactive ketones (excluding diaryl/α,β-unsaturated/α-hetero) is 4. The molecule has 0 bridgehead atoms. The number of rotatable bonds is 25. The Labute approximate surface area is 724 Å². The molecule has 125 heavy (non-hydrogen) atoms. The van der Waals surface area contributed by atoms with Crippen LogP contribution in [0.2, 0.25) is 0 Å². The van der Waals surface area contributed by atoms with Gasteiger partial charge in [0.15, 0.2) is 23.1 Å². The van der Waals surface area contributed by atoms with E-state index in [9.17, 15) is 39.0 Å². The number of hydrogen-bond acceptors (Lipinski definition) is 17. The Morgan fingerprint density at radius 2 is 0.720 bits per heavy atom. The summed E-state index contributed by atoms with van der Waals surface area (Å²) >= 11 is 0. The fourth-order valence-corrected chi connectivity index (χ4v) is 16.7. The molecule has 14 aromatic rings. The van der Waals surface area contributed by atoms with E-state index in [-0.39, 0.29) is 28.7 Å². The minimum Gasteiger partial charge on any atom is -0.478 e. The number of ketones is 4. The van der Waals surface area contributed by atoms with Gasteiger partial charge in [0.25, 0.3) is 6.01 Å². The number of aryl methyl sites for hydroxylation is 5. The van der Waals surface area contributed by atoms with E-state index in [4.69, 9.17) is 19.7 Å². The maximum Gasteiger partial charge on any atom is 0.336 e. The van der Waals surface area contributed by atoms with Gasteiger partial charge in [-0.25, -0.2) is 24.5 Å². The van der Waals surface area contributed by atoms with Crippen molar-refractivity contribution in [2.75, 3.05) is 6.61 Å². The monoisotopic (exact) mass is 1670 g/mol. The Morgan fingerprint density at radius 1 is 0.384 bits per heavy atom. The van der Waals surface area contributed by atoms with Gasteiger partial charge in [-0.3, -0.25) is 23.7 Å². The molecule has 0 radical (unpaired) electrons. The Balaban J connectivity index is 0.000000129. The van der Waals surface area contributed by atoms with Crippen molar-refractivity contribution in [3.63, 3.8) is 0 Å². The number of ether oxygens (including phenoxy) is 1. The summed E-state index contributed by atoms with van der Waals surface area (Å²) in [6.07, 6.45) is 24.3. The first kappa shape index (κ1) is 85.6. The molecule has 4 aliphatic rings. The highest BCUT2D eigenvalue weighted by Gasteiger charge is 2.31. The van der Waals surface area contributed by atoms with Crippen molar-refractivity contribution >= 4 is 47.2 Å². The minimum absolute atomic E-state index is 0.144. The molecule has 0 amide bonds. The van der Waals surface area contributed by atoms with Gasteiger partial charge in [0.2, 0.25) is 11.6 Å². The van der Waals surface area contributed by atoms with Crippen LogP contribution < -0.4 is 4.74 Å². The highest BCUT2D eigenvalue weighted by Crippen LogP contribution is 2.36. The molecule has 0 aliphatic heterocycles. The molecule has 8 aromatic carbocycles. The van der Waals surface area contributed by atoms with Gasteiger partial charge in [-0.05, 0) is 192 Å². The van der Waals surface area contributed by atoms with E-state index >= 15 is 0 Å².